The van der Waals surface area contributed by atoms with Crippen LogP contribution < -0.4 is 0 Å². The summed E-state index contributed by atoms with van der Waals surface area (Å²) >= 11 is 0. The van der Waals surface area contributed by atoms with Gasteiger partial charge < -0.3 is 5.11 Å². The molecule has 0 atom stereocenters. The van der Waals surface area contributed by atoms with Crippen LogP contribution in [0.4, 0.5) is 4.39 Å². The standard InChI is InChI=1S/C19H24FN3O.ClH/c1-14(2)18-21-11-15(12-22-18)13-23-9-7-19(24,8-10-23)16-3-5-17(20)6-4-16;/h3-6,11-12,14,24H,7-10,13H2,1-2H3;1H. The topological polar surface area (TPSA) is 49.2 Å². The zero-order valence-corrected chi connectivity index (χ0v) is 15.5. The van der Waals surface area contributed by atoms with E-state index in [1.165, 1.54) is 12.1 Å². The third-order valence-electron chi connectivity index (χ3n) is 4.71. The van der Waals surface area contributed by atoms with E-state index in [0.29, 0.717) is 18.8 Å². The van der Waals surface area contributed by atoms with Crippen molar-refractivity contribution in [3.8, 4) is 0 Å². The van der Waals surface area contributed by atoms with Crippen LogP contribution in [0.1, 0.15) is 49.6 Å². The molecule has 1 fully saturated rings. The summed E-state index contributed by atoms with van der Waals surface area (Å²) in [6, 6.07) is 6.19. The van der Waals surface area contributed by atoms with Gasteiger partial charge in [0.05, 0.1) is 5.60 Å². The van der Waals surface area contributed by atoms with Crippen LogP contribution in [0.3, 0.4) is 0 Å². The molecule has 0 radical (unpaired) electrons. The Morgan fingerprint density at radius 1 is 1.12 bits per heavy atom. The van der Waals surface area contributed by atoms with Crippen LogP contribution in [0.25, 0.3) is 0 Å². The Labute approximate surface area is 154 Å². The van der Waals surface area contributed by atoms with Gasteiger partial charge in [-0.25, -0.2) is 14.4 Å². The summed E-state index contributed by atoms with van der Waals surface area (Å²) in [5.74, 6) is 0.924. The van der Waals surface area contributed by atoms with Crippen molar-refractivity contribution in [1.82, 2.24) is 14.9 Å². The predicted octanol–water partition coefficient (Wildman–Crippen LogP) is 3.64. The molecular weight excluding hydrogens is 341 g/mol. The molecule has 136 valence electrons. The highest BCUT2D eigenvalue weighted by atomic mass is 35.5. The molecule has 1 N–H and O–H groups in total. The van der Waals surface area contributed by atoms with E-state index < -0.39 is 5.60 Å². The lowest BCUT2D eigenvalue weighted by molar-refractivity contribution is -0.0278. The van der Waals surface area contributed by atoms with Gasteiger partial charge in [0, 0.05) is 43.5 Å². The first-order chi connectivity index (χ1) is 11.5. The van der Waals surface area contributed by atoms with Gasteiger partial charge in [0.15, 0.2) is 0 Å². The molecular formula is C19H25ClFN3O. The third kappa shape index (κ3) is 4.75. The van der Waals surface area contributed by atoms with Crippen LogP contribution in [-0.4, -0.2) is 33.1 Å². The van der Waals surface area contributed by atoms with Crippen LogP contribution in [0, 0.1) is 5.82 Å². The molecule has 1 aliphatic heterocycles. The number of aliphatic hydroxyl groups is 1. The number of benzene rings is 1. The van der Waals surface area contributed by atoms with E-state index in [0.717, 1.165) is 36.6 Å². The van der Waals surface area contributed by atoms with Gasteiger partial charge in [0.1, 0.15) is 11.6 Å². The largest absolute Gasteiger partial charge is 0.385 e. The molecule has 25 heavy (non-hydrogen) atoms. The van der Waals surface area contributed by atoms with E-state index >= 15 is 0 Å². The van der Waals surface area contributed by atoms with Gasteiger partial charge in [-0.15, -0.1) is 12.4 Å². The summed E-state index contributed by atoms with van der Waals surface area (Å²) in [7, 11) is 0. The highest BCUT2D eigenvalue weighted by Gasteiger charge is 2.33. The van der Waals surface area contributed by atoms with Crippen molar-refractivity contribution < 1.29 is 9.50 Å². The van der Waals surface area contributed by atoms with E-state index in [1.54, 1.807) is 12.1 Å². The fraction of sp³-hybridized carbons (Fsp3) is 0.474. The molecule has 0 aliphatic carbocycles. The molecule has 3 rings (SSSR count). The minimum Gasteiger partial charge on any atom is -0.385 e. The van der Waals surface area contributed by atoms with Crippen molar-refractivity contribution in [2.45, 2.75) is 44.8 Å². The summed E-state index contributed by atoms with van der Waals surface area (Å²) < 4.78 is 13.1. The van der Waals surface area contributed by atoms with E-state index in [1.807, 2.05) is 12.4 Å². The van der Waals surface area contributed by atoms with Crippen LogP contribution in [0.5, 0.6) is 0 Å². The highest BCUT2D eigenvalue weighted by molar-refractivity contribution is 5.85. The Bertz CT molecular complexity index is 668. The molecule has 2 heterocycles. The van der Waals surface area contributed by atoms with Crippen molar-refractivity contribution >= 4 is 12.4 Å². The second-order valence-electron chi connectivity index (χ2n) is 6.92. The van der Waals surface area contributed by atoms with Gasteiger partial charge in [-0.3, -0.25) is 4.90 Å². The van der Waals surface area contributed by atoms with E-state index in [-0.39, 0.29) is 18.2 Å². The van der Waals surface area contributed by atoms with Crippen molar-refractivity contribution in [3.05, 3.63) is 59.4 Å². The monoisotopic (exact) mass is 365 g/mol. The molecule has 6 heteroatoms. The summed E-state index contributed by atoms with van der Waals surface area (Å²) in [6.07, 6.45) is 5.07. The van der Waals surface area contributed by atoms with E-state index in [4.69, 9.17) is 0 Å². The first-order valence-corrected chi connectivity index (χ1v) is 8.48. The lowest BCUT2D eigenvalue weighted by Gasteiger charge is -2.38. The zero-order valence-electron chi connectivity index (χ0n) is 14.7. The molecule has 1 aliphatic rings. The summed E-state index contributed by atoms with van der Waals surface area (Å²) in [6.45, 7) is 6.53. The average Bonchev–Trinajstić information content (AvgIpc) is 2.58. The van der Waals surface area contributed by atoms with Gasteiger partial charge in [0.25, 0.3) is 0 Å². The Kier molecular flexibility index (Phi) is 6.49. The Morgan fingerprint density at radius 2 is 1.68 bits per heavy atom. The first kappa shape index (κ1) is 19.8. The number of nitrogens with zero attached hydrogens (tertiary/aromatic N) is 3. The minimum absolute atomic E-state index is 0. The number of hydrogen-bond acceptors (Lipinski definition) is 4. The number of likely N-dealkylation sites (tertiary alicyclic amines) is 1. The number of piperidine rings is 1. The maximum Gasteiger partial charge on any atom is 0.130 e. The maximum atomic E-state index is 13.1. The Morgan fingerprint density at radius 3 is 2.20 bits per heavy atom. The summed E-state index contributed by atoms with van der Waals surface area (Å²) in [5.41, 5.74) is 1.03. The normalized spacial score (nSPS) is 17.3. The van der Waals surface area contributed by atoms with Crippen LogP contribution in [-0.2, 0) is 12.1 Å². The molecule has 0 saturated carbocycles. The van der Waals surface area contributed by atoms with Gasteiger partial charge in [0.2, 0.25) is 0 Å². The quantitative estimate of drug-likeness (QED) is 0.898. The van der Waals surface area contributed by atoms with Crippen molar-refractivity contribution in [3.63, 3.8) is 0 Å². The lowest BCUT2D eigenvalue weighted by atomic mass is 9.84. The summed E-state index contributed by atoms with van der Waals surface area (Å²) in [4.78, 5) is 11.1. The second kappa shape index (κ2) is 8.21. The lowest BCUT2D eigenvalue weighted by Crippen LogP contribution is -2.42. The fourth-order valence-corrected chi connectivity index (χ4v) is 3.13. The molecule has 1 aromatic carbocycles. The fourth-order valence-electron chi connectivity index (χ4n) is 3.13. The van der Waals surface area contributed by atoms with Gasteiger partial charge >= 0.3 is 0 Å². The average molecular weight is 366 g/mol. The van der Waals surface area contributed by atoms with Gasteiger partial charge in [-0.1, -0.05) is 26.0 Å². The molecule has 0 amide bonds. The maximum absolute atomic E-state index is 13.1. The molecule has 0 bridgehead atoms. The number of hydrogen-bond donors (Lipinski definition) is 1. The Balaban J connectivity index is 0.00000225. The summed E-state index contributed by atoms with van der Waals surface area (Å²) in [5, 5.41) is 10.8. The molecule has 1 saturated heterocycles. The Hall–Kier alpha value is -1.56. The van der Waals surface area contributed by atoms with Gasteiger partial charge in [-0.05, 0) is 30.5 Å². The molecule has 0 unspecified atom stereocenters. The van der Waals surface area contributed by atoms with Crippen molar-refractivity contribution in [2.75, 3.05) is 13.1 Å². The zero-order chi connectivity index (χ0) is 17.2. The van der Waals surface area contributed by atoms with Crippen molar-refractivity contribution in [1.29, 1.82) is 0 Å². The first-order valence-electron chi connectivity index (χ1n) is 8.48. The van der Waals surface area contributed by atoms with Crippen LogP contribution in [0.2, 0.25) is 0 Å². The smallest absolute Gasteiger partial charge is 0.130 e. The minimum atomic E-state index is -0.859. The van der Waals surface area contributed by atoms with Crippen LogP contribution >= 0.6 is 12.4 Å². The molecule has 2 aromatic rings. The van der Waals surface area contributed by atoms with Crippen molar-refractivity contribution in [2.24, 2.45) is 0 Å². The second-order valence-corrected chi connectivity index (χ2v) is 6.92. The highest BCUT2D eigenvalue weighted by Crippen LogP contribution is 2.33. The number of halogens is 2. The number of rotatable bonds is 4. The predicted molar refractivity (Wildman–Crippen MR) is 98.2 cm³/mol. The third-order valence-corrected chi connectivity index (χ3v) is 4.71. The number of aromatic nitrogens is 2. The molecule has 4 nitrogen and oxygen atoms in total. The van der Waals surface area contributed by atoms with E-state index in [2.05, 4.69) is 28.7 Å². The van der Waals surface area contributed by atoms with Crippen LogP contribution in [0.15, 0.2) is 36.7 Å². The molecule has 0 spiro atoms. The SMILES string of the molecule is CC(C)c1ncc(CN2CCC(O)(c3ccc(F)cc3)CC2)cn1.Cl. The van der Waals surface area contributed by atoms with E-state index in [9.17, 15) is 9.50 Å². The van der Waals surface area contributed by atoms with Gasteiger partial charge in [-0.2, -0.15) is 0 Å². The molecule has 1 aromatic heterocycles.